The van der Waals surface area contributed by atoms with Crippen LogP contribution in [0.2, 0.25) is 0 Å². The topological polar surface area (TPSA) is 30.7 Å². The first-order valence-electron chi connectivity index (χ1n) is 6.31. The van der Waals surface area contributed by atoms with Crippen LogP contribution in [0.15, 0.2) is 24.3 Å². The summed E-state index contributed by atoms with van der Waals surface area (Å²) in [5.41, 5.74) is 0.888. The van der Waals surface area contributed by atoms with E-state index in [4.69, 9.17) is 11.6 Å². The van der Waals surface area contributed by atoms with Gasteiger partial charge in [0.05, 0.1) is 5.88 Å². The molecule has 19 heavy (non-hydrogen) atoms. The second kappa shape index (κ2) is 6.15. The first-order chi connectivity index (χ1) is 9.10. The van der Waals surface area contributed by atoms with Gasteiger partial charge in [-0.3, -0.25) is 0 Å². The fraction of sp³-hybridized carbons (Fsp3) is 0.429. The molecule has 0 N–H and O–H groups in total. The summed E-state index contributed by atoms with van der Waals surface area (Å²) in [6, 6.07) is 6.55. The Balaban J connectivity index is 2.27. The quantitative estimate of drug-likeness (QED) is 0.787. The SMILES string of the molecule is CC(C)Cn1c(CCl)nnc1Cc1cccc(F)c1. The van der Waals surface area contributed by atoms with Crippen molar-refractivity contribution in [3.8, 4) is 0 Å². The summed E-state index contributed by atoms with van der Waals surface area (Å²) in [7, 11) is 0. The average Bonchev–Trinajstić information content (AvgIpc) is 2.71. The van der Waals surface area contributed by atoms with Crippen molar-refractivity contribution in [1.29, 1.82) is 0 Å². The lowest BCUT2D eigenvalue weighted by Crippen LogP contribution is -2.11. The van der Waals surface area contributed by atoms with Crippen molar-refractivity contribution >= 4 is 11.6 Å². The molecule has 0 saturated heterocycles. The number of aromatic nitrogens is 3. The second-order valence-corrected chi connectivity index (χ2v) is 5.24. The van der Waals surface area contributed by atoms with E-state index in [0.717, 1.165) is 23.8 Å². The Labute approximate surface area is 117 Å². The molecule has 0 spiro atoms. The molecule has 0 unspecified atom stereocenters. The van der Waals surface area contributed by atoms with E-state index in [1.165, 1.54) is 12.1 Å². The second-order valence-electron chi connectivity index (χ2n) is 4.98. The number of hydrogen-bond donors (Lipinski definition) is 0. The Kier molecular flexibility index (Phi) is 4.53. The maximum absolute atomic E-state index is 13.2. The molecule has 0 aliphatic rings. The summed E-state index contributed by atoms with van der Waals surface area (Å²) < 4.78 is 15.2. The van der Waals surface area contributed by atoms with E-state index in [9.17, 15) is 4.39 Å². The molecule has 0 amide bonds. The van der Waals surface area contributed by atoms with Crippen molar-refractivity contribution in [2.45, 2.75) is 32.7 Å². The van der Waals surface area contributed by atoms with E-state index < -0.39 is 0 Å². The van der Waals surface area contributed by atoms with Crippen LogP contribution < -0.4 is 0 Å². The molecule has 1 aromatic carbocycles. The van der Waals surface area contributed by atoms with Gasteiger partial charge in [-0.25, -0.2) is 4.39 Å². The van der Waals surface area contributed by atoms with Crippen LogP contribution >= 0.6 is 11.6 Å². The molecule has 2 aromatic rings. The molecule has 0 fully saturated rings. The molecule has 102 valence electrons. The monoisotopic (exact) mass is 281 g/mol. The zero-order chi connectivity index (χ0) is 13.8. The Morgan fingerprint density at radius 1 is 1.26 bits per heavy atom. The first-order valence-corrected chi connectivity index (χ1v) is 6.85. The third-order valence-electron chi connectivity index (χ3n) is 2.82. The number of benzene rings is 1. The summed E-state index contributed by atoms with van der Waals surface area (Å²) in [5.74, 6) is 2.18. The molecule has 0 bridgehead atoms. The van der Waals surface area contributed by atoms with Gasteiger partial charge in [0.2, 0.25) is 0 Å². The van der Waals surface area contributed by atoms with Gasteiger partial charge in [-0.15, -0.1) is 21.8 Å². The molecule has 1 aromatic heterocycles. The molecular formula is C14H17ClFN3. The van der Waals surface area contributed by atoms with Gasteiger partial charge in [-0.1, -0.05) is 26.0 Å². The van der Waals surface area contributed by atoms with Gasteiger partial charge in [0.25, 0.3) is 0 Å². The minimum atomic E-state index is -0.231. The van der Waals surface area contributed by atoms with Gasteiger partial charge in [0.15, 0.2) is 0 Å². The van der Waals surface area contributed by atoms with Crippen molar-refractivity contribution in [1.82, 2.24) is 14.8 Å². The summed E-state index contributed by atoms with van der Waals surface area (Å²) in [4.78, 5) is 0. The highest BCUT2D eigenvalue weighted by Crippen LogP contribution is 2.14. The molecule has 3 nitrogen and oxygen atoms in total. The summed E-state index contributed by atoms with van der Waals surface area (Å²) >= 11 is 5.87. The van der Waals surface area contributed by atoms with E-state index in [-0.39, 0.29) is 5.82 Å². The molecule has 0 aliphatic heterocycles. The van der Waals surface area contributed by atoms with Crippen LogP contribution in [0.25, 0.3) is 0 Å². The fourth-order valence-corrected chi connectivity index (χ4v) is 2.21. The van der Waals surface area contributed by atoms with Crippen LogP contribution in [-0.4, -0.2) is 14.8 Å². The molecule has 2 rings (SSSR count). The van der Waals surface area contributed by atoms with Gasteiger partial charge in [-0.2, -0.15) is 0 Å². The number of rotatable bonds is 5. The lowest BCUT2D eigenvalue weighted by molar-refractivity contribution is 0.499. The van der Waals surface area contributed by atoms with Gasteiger partial charge in [-0.05, 0) is 23.6 Å². The largest absolute Gasteiger partial charge is 0.313 e. The van der Waals surface area contributed by atoms with Gasteiger partial charge in [0.1, 0.15) is 17.5 Å². The average molecular weight is 282 g/mol. The normalized spacial score (nSPS) is 11.2. The highest BCUT2D eigenvalue weighted by molar-refractivity contribution is 6.16. The van der Waals surface area contributed by atoms with Gasteiger partial charge >= 0.3 is 0 Å². The fourth-order valence-electron chi connectivity index (χ4n) is 2.01. The first kappa shape index (κ1) is 14.0. The summed E-state index contributed by atoms with van der Waals surface area (Å²) in [6.45, 7) is 5.08. The summed E-state index contributed by atoms with van der Waals surface area (Å²) in [6.07, 6.45) is 0.564. The molecule has 0 radical (unpaired) electrons. The number of hydrogen-bond acceptors (Lipinski definition) is 2. The zero-order valence-corrected chi connectivity index (χ0v) is 11.9. The highest BCUT2D eigenvalue weighted by Gasteiger charge is 2.13. The minimum absolute atomic E-state index is 0.231. The van der Waals surface area contributed by atoms with Crippen LogP contribution in [0.4, 0.5) is 4.39 Å². The van der Waals surface area contributed by atoms with Crippen LogP contribution in [0.3, 0.4) is 0 Å². The van der Waals surface area contributed by atoms with E-state index in [0.29, 0.717) is 18.2 Å². The van der Waals surface area contributed by atoms with E-state index in [1.54, 1.807) is 6.07 Å². The molecular weight excluding hydrogens is 265 g/mol. The lowest BCUT2D eigenvalue weighted by Gasteiger charge is -2.11. The maximum atomic E-state index is 13.2. The van der Waals surface area contributed by atoms with Crippen LogP contribution in [0.1, 0.15) is 31.1 Å². The Morgan fingerprint density at radius 3 is 2.63 bits per heavy atom. The molecule has 0 atom stereocenters. The standard InChI is InChI=1S/C14H17ClFN3/c1-10(2)9-19-13(17-18-14(19)8-15)7-11-4-3-5-12(16)6-11/h3-6,10H,7-9H2,1-2H3. The van der Waals surface area contributed by atoms with Crippen molar-refractivity contribution in [3.05, 3.63) is 47.3 Å². The predicted molar refractivity (Wildman–Crippen MR) is 73.6 cm³/mol. The lowest BCUT2D eigenvalue weighted by atomic mass is 10.1. The van der Waals surface area contributed by atoms with Crippen LogP contribution in [0.5, 0.6) is 0 Å². The third kappa shape index (κ3) is 3.53. The van der Waals surface area contributed by atoms with Gasteiger partial charge < -0.3 is 4.57 Å². The number of halogens is 2. The molecule has 0 saturated carbocycles. The minimum Gasteiger partial charge on any atom is -0.313 e. The summed E-state index contributed by atoms with van der Waals surface area (Å²) in [5, 5.41) is 8.26. The van der Waals surface area contributed by atoms with Crippen molar-refractivity contribution in [3.63, 3.8) is 0 Å². The number of alkyl halides is 1. The predicted octanol–water partition coefficient (Wildman–Crippen LogP) is 3.40. The van der Waals surface area contributed by atoms with Crippen molar-refractivity contribution in [2.24, 2.45) is 5.92 Å². The highest BCUT2D eigenvalue weighted by atomic mass is 35.5. The van der Waals surface area contributed by atoms with E-state index in [1.807, 2.05) is 10.6 Å². The van der Waals surface area contributed by atoms with Crippen LogP contribution in [0, 0.1) is 11.7 Å². The Bertz CT molecular complexity index is 551. The van der Waals surface area contributed by atoms with Crippen molar-refractivity contribution in [2.75, 3.05) is 0 Å². The van der Waals surface area contributed by atoms with E-state index in [2.05, 4.69) is 24.0 Å². The molecule has 0 aliphatic carbocycles. The maximum Gasteiger partial charge on any atom is 0.147 e. The van der Waals surface area contributed by atoms with Crippen LogP contribution in [-0.2, 0) is 18.8 Å². The smallest absolute Gasteiger partial charge is 0.147 e. The Morgan fingerprint density at radius 2 is 2.00 bits per heavy atom. The Hall–Kier alpha value is -1.42. The van der Waals surface area contributed by atoms with Crippen molar-refractivity contribution < 1.29 is 4.39 Å². The third-order valence-corrected chi connectivity index (χ3v) is 3.06. The van der Waals surface area contributed by atoms with Gasteiger partial charge in [0, 0.05) is 13.0 Å². The molecule has 1 heterocycles. The zero-order valence-electron chi connectivity index (χ0n) is 11.1. The number of nitrogens with zero attached hydrogens (tertiary/aromatic N) is 3. The van der Waals surface area contributed by atoms with E-state index >= 15 is 0 Å². The molecule has 5 heteroatoms.